The van der Waals surface area contributed by atoms with Crippen molar-refractivity contribution in [3.8, 4) is 5.75 Å². The molecule has 0 bridgehead atoms. The van der Waals surface area contributed by atoms with E-state index < -0.39 is 0 Å². The summed E-state index contributed by atoms with van der Waals surface area (Å²) in [6, 6.07) is 7.19. The lowest BCUT2D eigenvalue weighted by atomic mass is 10.0. The van der Waals surface area contributed by atoms with Crippen LogP contribution in [0, 0.1) is 0 Å². The Kier molecular flexibility index (Phi) is 3.84. The topological polar surface area (TPSA) is 59.6 Å². The summed E-state index contributed by atoms with van der Waals surface area (Å²) in [5.41, 5.74) is 0.540. The maximum atomic E-state index is 11.7. The van der Waals surface area contributed by atoms with E-state index in [9.17, 15) is 4.79 Å². The van der Waals surface area contributed by atoms with Gasteiger partial charge in [0, 0.05) is 18.8 Å². The van der Waals surface area contributed by atoms with Crippen molar-refractivity contribution >= 4 is 11.6 Å². The van der Waals surface area contributed by atoms with Gasteiger partial charge < -0.3 is 20.1 Å². The van der Waals surface area contributed by atoms with Crippen molar-refractivity contribution in [2.24, 2.45) is 0 Å². The van der Waals surface area contributed by atoms with Crippen molar-refractivity contribution in [3.63, 3.8) is 0 Å². The van der Waals surface area contributed by atoms with E-state index >= 15 is 0 Å². The van der Waals surface area contributed by atoms with Gasteiger partial charge in [-0.15, -0.1) is 0 Å². The molecule has 98 valence electrons. The molecule has 1 fully saturated rings. The fourth-order valence-electron chi connectivity index (χ4n) is 1.69. The van der Waals surface area contributed by atoms with Gasteiger partial charge in [-0.3, -0.25) is 4.79 Å². The summed E-state index contributed by atoms with van der Waals surface area (Å²) in [6.45, 7) is 3.65. The fourth-order valence-corrected chi connectivity index (χ4v) is 1.69. The van der Waals surface area contributed by atoms with Crippen LogP contribution in [0.5, 0.6) is 5.75 Å². The molecule has 5 nitrogen and oxygen atoms in total. The smallest absolute Gasteiger partial charge is 0.250 e. The molecule has 0 saturated carbocycles. The molecule has 0 radical (unpaired) electrons. The summed E-state index contributed by atoms with van der Waals surface area (Å²) in [7, 11) is 1.61. The summed E-state index contributed by atoms with van der Waals surface area (Å²) >= 11 is 0. The van der Waals surface area contributed by atoms with E-state index in [-0.39, 0.29) is 18.1 Å². The summed E-state index contributed by atoms with van der Waals surface area (Å²) in [5.74, 6) is 0.616. The zero-order chi connectivity index (χ0) is 13.0. The molecule has 2 N–H and O–H groups in total. The zero-order valence-corrected chi connectivity index (χ0v) is 10.7. The van der Waals surface area contributed by atoms with E-state index in [1.54, 1.807) is 31.4 Å². The molecule has 5 heteroatoms. The third-order valence-electron chi connectivity index (χ3n) is 2.92. The van der Waals surface area contributed by atoms with Crippen LogP contribution in [0.1, 0.15) is 6.92 Å². The Morgan fingerprint density at radius 2 is 2.06 bits per heavy atom. The molecule has 1 saturated heterocycles. The first-order valence-electron chi connectivity index (χ1n) is 5.90. The quantitative estimate of drug-likeness (QED) is 0.819. The van der Waals surface area contributed by atoms with E-state index in [0.717, 1.165) is 24.5 Å². The van der Waals surface area contributed by atoms with Crippen LogP contribution in [0.2, 0.25) is 0 Å². The molecule has 0 spiro atoms. The third-order valence-corrected chi connectivity index (χ3v) is 2.92. The summed E-state index contributed by atoms with van der Waals surface area (Å²) in [5, 5.41) is 5.89. The van der Waals surface area contributed by atoms with Crippen LogP contribution in [0.3, 0.4) is 0 Å². The highest BCUT2D eigenvalue weighted by molar-refractivity contribution is 5.91. The van der Waals surface area contributed by atoms with Crippen LogP contribution in [-0.2, 0) is 9.53 Å². The number of hydrogen-bond donors (Lipinski definition) is 2. The molecule has 0 aliphatic carbocycles. The predicted octanol–water partition coefficient (Wildman–Crippen LogP) is 1.01. The van der Waals surface area contributed by atoms with Gasteiger partial charge >= 0.3 is 0 Å². The number of ether oxygens (including phenoxy) is 2. The number of carbonyl (C=O) groups excluding carboxylic acids is 1. The second-order valence-corrected chi connectivity index (χ2v) is 4.62. The molecule has 1 heterocycles. The van der Waals surface area contributed by atoms with Crippen molar-refractivity contribution in [3.05, 3.63) is 24.3 Å². The lowest BCUT2D eigenvalue weighted by Gasteiger charge is -2.38. The number of amides is 1. The molecule has 18 heavy (non-hydrogen) atoms. The summed E-state index contributed by atoms with van der Waals surface area (Å²) in [6.07, 6.45) is 0. The number of nitrogens with one attached hydrogen (secondary N) is 2. The Morgan fingerprint density at radius 3 is 2.56 bits per heavy atom. The molecule has 2 rings (SSSR count). The highest BCUT2D eigenvalue weighted by atomic mass is 16.5. The molecular weight excluding hydrogens is 232 g/mol. The average Bonchev–Trinajstić information content (AvgIpc) is 2.35. The highest BCUT2D eigenvalue weighted by Gasteiger charge is 2.32. The summed E-state index contributed by atoms with van der Waals surface area (Å²) in [4.78, 5) is 11.7. The molecule has 1 aromatic rings. The molecule has 1 aliphatic heterocycles. The van der Waals surface area contributed by atoms with E-state index in [0.29, 0.717) is 0 Å². The van der Waals surface area contributed by atoms with Crippen LogP contribution in [0.15, 0.2) is 24.3 Å². The zero-order valence-electron chi connectivity index (χ0n) is 10.7. The van der Waals surface area contributed by atoms with E-state index in [1.807, 2.05) is 6.92 Å². The molecule has 0 unspecified atom stereocenters. The first-order valence-corrected chi connectivity index (χ1v) is 5.90. The normalized spacial score (nSPS) is 16.8. The second-order valence-electron chi connectivity index (χ2n) is 4.62. The lowest BCUT2D eigenvalue weighted by molar-refractivity contribution is -0.130. The van der Waals surface area contributed by atoms with Gasteiger partial charge in [0.1, 0.15) is 12.4 Å². The summed E-state index contributed by atoms with van der Waals surface area (Å²) < 4.78 is 10.6. The Hall–Kier alpha value is -1.59. The molecule has 1 aliphatic rings. The van der Waals surface area contributed by atoms with Gasteiger partial charge in [0.15, 0.2) is 0 Å². The minimum Gasteiger partial charge on any atom is -0.497 e. The third kappa shape index (κ3) is 3.21. The van der Waals surface area contributed by atoms with Crippen molar-refractivity contribution in [1.82, 2.24) is 5.32 Å². The second kappa shape index (κ2) is 5.37. The van der Waals surface area contributed by atoms with Crippen LogP contribution in [0.4, 0.5) is 5.69 Å². The molecule has 1 aromatic carbocycles. The van der Waals surface area contributed by atoms with Gasteiger partial charge in [0.2, 0.25) is 5.91 Å². The SMILES string of the molecule is COc1ccc(NC(=O)COC2(C)CNC2)cc1. The fraction of sp³-hybridized carbons (Fsp3) is 0.462. The number of carbonyl (C=O) groups is 1. The first kappa shape index (κ1) is 12.9. The van der Waals surface area contributed by atoms with E-state index in [4.69, 9.17) is 9.47 Å². The van der Waals surface area contributed by atoms with Crippen molar-refractivity contribution in [1.29, 1.82) is 0 Å². The minimum absolute atomic E-state index is 0.0736. The number of rotatable bonds is 5. The monoisotopic (exact) mass is 250 g/mol. The van der Waals surface area contributed by atoms with Gasteiger partial charge in [-0.25, -0.2) is 0 Å². The van der Waals surface area contributed by atoms with Crippen LogP contribution in [0.25, 0.3) is 0 Å². The largest absolute Gasteiger partial charge is 0.497 e. The van der Waals surface area contributed by atoms with Gasteiger partial charge in [0.05, 0.1) is 12.7 Å². The van der Waals surface area contributed by atoms with Gasteiger partial charge in [-0.2, -0.15) is 0 Å². The maximum Gasteiger partial charge on any atom is 0.250 e. The average molecular weight is 250 g/mol. The molecule has 0 atom stereocenters. The van der Waals surface area contributed by atoms with Crippen LogP contribution in [-0.4, -0.2) is 38.3 Å². The Bertz CT molecular complexity index is 413. The predicted molar refractivity (Wildman–Crippen MR) is 68.9 cm³/mol. The number of methoxy groups -OCH3 is 1. The van der Waals surface area contributed by atoms with E-state index in [2.05, 4.69) is 10.6 Å². The number of benzene rings is 1. The van der Waals surface area contributed by atoms with Gasteiger partial charge in [-0.1, -0.05) is 0 Å². The van der Waals surface area contributed by atoms with Crippen molar-refractivity contribution in [2.45, 2.75) is 12.5 Å². The van der Waals surface area contributed by atoms with Crippen molar-refractivity contribution in [2.75, 3.05) is 32.1 Å². The molecule has 1 amide bonds. The molecular formula is C13H18N2O3. The Balaban J connectivity index is 1.79. The first-order chi connectivity index (χ1) is 8.61. The molecule has 0 aromatic heterocycles. The Morgan fingerprint density at radius 1 is 1.39 bits per heavy atom. The van der Waals surface area contributed by atoms with Crippen LogP contribution < -0.4 is 15.4 Å². The Labute approximate surface area is 106 Å². The van der Waals surface area contributed by atoms with Crippen molar-refractivity contribution < 1.29 is 14.3 Å². The number of anilines is 1. The lowest BCUT2D eigenvalue weighted by Crippen LogP contribution is -2.59. The van der Waals surface area contributed by atoms with Gasteiger partial charge in [0.25, 0.3) is 0 Å². The standard InChI is InChI=1S/C13H18N2O3/c1-13(8-14-9-13)18-7-12(16)15-10-3-5-11(17-2)6-4-10/h3-6,14H,7-9H2,1-2H3,(H,15,16). The number of hydrogen-bond acceptors (Lipinski definition) is 4. The maximum absolute atomic E-state index is 11.7. The van der Waals surface area contributed by atoms with Crippen LogP contribution >= 0.6 is 0 Å². The highest BCUT2D eigenvalue weighted by Crippen LogP contribution is 2.16. The van der Waals surface area contributed by atoms with E-state index in [1.165, 1.54) is 0 Å². The van der Waals surface area contributed by atoms with Gasteiger partial charge in [-0.05, 0) is 31.2 Å². The minimum atomic E-state index is -0.197.